The van der Waals surface area contributed by atoms with Gasteiger partial charge >= 0.3 is 6.18 Å². The molecule has 0 atom stereocenters. The normalized spacial score (nSPS) is 11.3. The summed E-state index contributed by atoms with van der Waals surface area (Å²) >= 11 is 17.5. The molecule has 26 heavy (non-hydrogen) atoms. The summed E-state index contributed by atoms with van der Waals surface area (Å²) in [7, 11) is 0. The first-order chi connectivity index (χ1) is 12.1. The predicted octanol–water partition coefficient (Wildman–Crippen LogP) is 6.10. The second-order valence-electron chi connectivity index (χ2n) is 5.09. The second kappa shape index (κ2) is 8.33. The quantitative estimate of drug-likeness (QED) is 0.627. The smallest absolute Gasteiger partial charge is 0.416 e. The highest BCUT2D eigenvalue weighted by Crippen LogP contribution is 2.36. The Labute approximate surface area is 162 Å². The SMILES string of the molecule is CCCOc1ccc(C(F)(F)F)cc1NC(=O)c1ncc(Cl)c(Cl)c1Cl. The molecule has 2 rings (SSSR count). The molecule has 0 saturated carbocycles. The van der Waals surface area contributed by atoms with Crippen LogP contribution in [0.2, 0.25) is 15.1 Å². The van der Waals surface area contributed by atoms with Crippen molar-refractivity contribution in [2.24, 2.45) is 0 Å². The maximum absolute atomic E-state index is 13.0. The average Bonchev–Trinajstić information content (AvgIpc) is 2.57. The van der Waals surface area contributed by atoms with E-state index in [1.54, 1.807) is 0 Å². The number of nitrogens with one attached hydrogen (secondary N) is 1. The van der Waals surface area contributed by atoms with Gasteiger partial charge in [-0.05, 0) is 24.6 Å². The Balaban J connectivity index is 2.39. The van der Waals surface area contributed by atoms with E-state index in [0.717, 1.165) is 24.4 Å². The number of benzene rings is 1. The lowest BCUT2D eigenvalue weighted by Crippen LogP contribution is -2.16. The van der Waals surface area contributed by atoms with E-state index in [4.69, 9.17) is 39.5 Å². The van der Waals surface area contributed by atoms with E-state index in [9.17, 15) is 18.0 Å². The highest BCUT2D eigenvalue weighted by molar-refractivity contribution is 6.49. The lowest BCUT2D eigenvalue weighted by molar-refractivity contribution is -0.137. The lowest BCUT2D eigenvalue weighted by Gasteiger charge is -2.15. The molecule has 1 aromatic carbocycles. The molecule has 0 saturated heterocycles. The maximum atomic E-state index is 13.0. The van der Waals surface area contributed by atoms with Gasteiger partial charge in [-0.1, -0.05) is 41.7 Å². The Kier molecular flexibility index (Phi) is 6.60. The fourth-order valence-electron chi connectivity index (χ4n) is 1.93. The highest BCUT2D eigenvalue weighted by Gasteiger charge is 2.31. The third kappa shape index (κ3) is 4.72. The zero-order chi connectivity index (χ0) is 19.5. The molecule has 0 unspecified atom stereocenters. The number of hydrogen-bond acceptors (Lipinski definition) is 3. The van der Waals surface area contributed by atoms with Crippen LogP contribution >= 0.6 is 34.8 Å². The summed E-state index contributed by atoms with van der Waals surface area (Å²) < 4.78 is 44.2. The van der Waals surface area contributed by atoms with Crippen molar-refractivity contribution in [3.8, 4) is 5.75 Å². The molecule has 0 aliphatic rings. The second-order valence-corrected chi connectivity index (χ2v) is 6.26. The topological polar surface area (TPSA) is 51.2 Å². The van der Waals surface area contributed by atoms with Gasteiger partial charge in [0, 0.05) is 6.20 Å². The Morgan fingerprint density at radius 3 is 2.54 bits per heavy atom. The summed E-state index contributed by atoms with van der Waals surface area (Å²) in [5.41, 5.74) is -1.38. The minimum atomic E-state index is -4.58. The first-order valence-corrected chi connectivity index (χ1v) is 8.43. The van der Waals surface area contributed by atoms with Gasteiger partial charge in [-0.25, -0.2) is 4.98 Å². The summed E-state index contributed by atoms with van der Waals surface area (Å²) in [5.74, 6) is -0.765. The number of anilines is 1. The van der Waals surface area contributed by atoms with Crippen LogP contribution in [0.3, 0.4) is 0 Å². The summed E-state index contributed by atoms with van der Waals surface area (Å²) in [4.78, 5) is 16.2. The molecular formula is C16H12Cl3F3N2O2. The number of halogens is 6. The minimum Gasteiger partial charge on any atom is -0.491 e. The maximum Gasteiger partial charge on any atom is 0.416 e. The molecule has 1 amide bonds. The third-order valence-electron chi connectivity index (χ3n) is 3.15. The van der Waals surface area contributed by atoms with Crippen molar-refractivity contribution in [1.29, 1.82) is 0 Å². The van der Waals surface area contributed by atoms with Crippen molar-refractivity contribution in [2.75, 3.05) is 11.9 Å². The van der Waals surface area contributed by atoms with Crippen LogP contribution in [-0.2, 0) is 6.18 Å². The van der Waals surface area contributed by atoms with Crippen LogP contribution < -0.4 is 10.1 Å². The van der Waals surface area contributed by atoms with Gasteiger partial charge in [0.1, 0.15) is 11.4 Å². The van der Waals surface area contributed by atoms with Gasteiger partial charge in [0.15, 0.2) is 0 Å². The summed E-state index contributed by atoms with van der Waals surface area (Å²) in [6.45, 7) is 2.10. The summed E-state index contributed by atoms with van der Waals surface area (Å²) in [5, 5.41) is 2.07. The van der Waals surface area contributed by atoms with Gasteiger partial charge < -0.3 is 10.1 Å². The number of ether oxygens (including phenoxy) is 1. The Morgan fingerprint density at radius 1 is 1.23 bits per heavy atom. The number of aromatic nitrogens is 1. The Hall–Kier alpha value is -1.70. The molecule has 1 aromatic heterocycles. The number of nitrogens with zero attached hydrogens (tertiary/aromatic N) is 1. The molecule has 0 radical (unpaired) electrons. The van der Waals surface area contributed by atoms with E-state index in [-0.39, 0.29) is 38.8 Å². The monoisotopic (exact) mass is 426 g/mol. The van der Waals surface area contributed by atoms with E-state index in [1.165, 1.54) is 0 Å². The van der Waals surface area contributed by atoms with Crippen LogP contribution in [0.4, 0.5) is 18.9 Å². The van der Waals surface area contributed by atoms with E-state index >= 15 is 0 Å². The van der Waals surface area contributed by atoms with E-state index in [0.29, 0.717) is 6.42 Å². The van der Waals surface area contributed by atoms with Gasteiger partial charge in [-0.2, -0.15) is 13.2 Å². The minimum absolute atomic E-state index is 0.0410. The van der Waals surface area contributed by atoms with Gasteiger partial charge in [0.2, 0.25) is 0 Å². The molecular weight excluding hydrogens is 416 g/mol. The largest absolute Gasteiger partial charge is 0.491 e. The van der Waals surface area contributed by atoms with Gasteiger partial charge in [0.25, 0.3) is 5.91 Å². The highest BCUT2D eigenvalue weighted by atomic mass is 35.5. The number of hydrogen-bond donors (Lipinski definition) is 1. The fourth-order valence-corrected chi connectivity index (χ4v) is 2.49. The van der Waals surface area contributed by atoms with Gasteiger partial charge in [0.05, 0.1) is 32.9 Å². The van der Waals surface area contributed by atoms with Crippen molar-refractivity contribution < 1.29 is 22.7 Å². The van der Waals surface area contributed by atoms with Crippen molar-refractivity contribution in [2.45, 2.75) is 19.5 Å². The third-order valence-corrected chi connectivity index (χ3v) is 4.39. The molecule has 0 bridgehead atoms. The fraction of sp³-hybridized carbons (Fsp3) is 0.250. The standard InChI is InChI=1S/C16H12Cl3F3N2O2/c1-2-5-26-11-4-3-8(16(20,21)22)6-10(11)24-15(25)14-13(19)12(18)9(17)7-23-14/h3-4,6-7H,2,5H2,1H3,(H,24,25). The first-order valence-electron chi connectivity index (χ1n) is 7.30. The van der Waals surface area contributed by atoms with Crippen LogP contribution in [0.5, 0.6) is 5.75 Å². The summed E-state index contributed by atoms with van der Waals surface area (Å²) in [6.07, 6.45) is -2.83. The molecule has 140 valence electrons. The zero-order valence-electron chi connectivity index (χ0n) is 13.3. The Bertz CT molecular complexity index is 829. The van der Waals surface area contributed by atoms with Crippen molar-refractivity contribution in [3.05, 3.63) is 50.7 Å². The molecule has 4 nitrogen and oxygen atoms in total. The van der Waals surface area contributed by atoms with Crippen LogP contribution in [0.1, 0.15) is 29.4 Å². The number of rotatable bonds is 5. The zero-order valence-corrected chi connectivity index (χ0v) is 15.5. The van der Waals surface area contributed by atoms with E-state index in [2.05, 4.69) is 10.3 Å². The predicted molar refractivity (Wildman–Crippen MR) is 94.5 cm³/mol. The van der Waals surface area contributed by atoms with Crippen molar-refractivity contribution in [1.82, 2.24) is 4.98 Å². The van der Waals surface area contributed by atoms with Crippen LogP contribution in [0, 0.1) is 0 Å². The van der Waals surface area contributed by atoms with E-state index in [1.807, 2.05) is 6.92 Å². The van der Waals surface area contributed by atoms with E-state index < -0.39 is 17.6 Å². The first kappa shape index (κ1) is 20.6. The van der Waals surface area contributed by atoms with Gasteiger partial charge in [-0.15, -0.1) is 0 Å². The number of carbonyl (C=O) groups is 1. The molecule has 0 spiro atoms. The van der Waals surface area contributed by atoms with Crippen molar-refractivity contribution >= 4 is 46.4 Å². The van der Waals surface area contributed by atoms with Crippen LogP contribution in [-0.4, -0.2) is 17.5 Å². The molecule has 1 heterocycles. The summed E-state index contributed by atoms with van der Waals surface area (Å²) in [6, 6.07) is 2.78. The van der Waals surface area contributed by atoms with Crippen LogP contribution in [0.25, 0.3) is 0 Å². The number of pyridine rings is 1. The van der Waals surface area contributed by atoms with Gasteiger partial charge in [-0.3, -0.25) is 4.79 Å². The molecule has 0 aliphatic heterocycles. The molecule has 0 fully saturated rings. The molecule has 10 heteroatoms. The van der Waals surface area contributed by atoms with Crippen LogP contribution in [0.15, 0.2) is 24.4 Å². The number of amides is 1. The van der Waals surface area contributed by atoms with Crippen molar-refractivity contribution in [3.63, 3.8) is 0 Å². The molecule has 1 N–H and O–H groups in total. The molecule has 2 aromatic rings. The average molecular weight is 428 g/mol. The lowest BCUT2D eigenvalue weighted by atomic mass is 10.1. The molecule has 0 aliphatic carbocycles. The number of carbonyl (C=O) groups excluding carboxylic acids is 1. The Morgan fingerprint density at radius 2 is 1.92 bits per heavy atom. The number of alkyl halides is 3.